The molecule has 4 unspecified atom stereocenters. The number of hydrogen-bond acceptors (Lipinski definition) is 2. The van der Waals surface area contributed by atoms with E-state index in [1.165, 1.54) is 25.7 Å². The first kappa shape index (κ1) is 11.9. The average Bonchev–Trinajstić information content (AvgIpc) is 2.61. The first-order valence-electron chi connectivity index (χ1n) is 6.60. The van der Waals surface area contributed by atoms with Crippen molar-refractivity contribution in [3.05, 3.63) is 0 Å². The van der Waals surface area contributed by atoms with E-state index >= 15 is 0 Å². The molecular formula is C13H23NO2. The Labute approximate surface area is 97.8 Å². The van der Waals surface area contributed by atoms with E-state index in [9.17, 15) is 9.90 Å². The summed E-state index contributed by atoms with van der Waals surface area (Å²) in [5.74, 6) is 0.357. The summed E-state index contributed by atoms with van der Waals surface area (Å²) < 4.78 is 0. The molecule has 0 aromatic carbocycles. The number of aliphatic carboxylic acids is 1. The van der Waals surface area contributed by atoms with Gasteiger partial charge in [0.05, 0.1) is 0 Å². The van der Waals surface area contributed by atoms with E-state index in [2.05, 4.69) is 18.7 Å². The third-order valence-electron chi connectivity index (χ3n) is 4.48. The summed E-state index contributed by atoms with van der Waals surface area (Å²) in [6.07, 6.45) is 6.09. The first-order valence-corrected chi connectivity index (χ1v) is 6.60. The molecule has 4 atom stereocenters. The van der Waals surface area contributed by atoms with Gasteiger partial charge in [0.1, 0.15) is 6.04 Å². The number of carboxylic acids is 1. The van der Waals surface area contributed by atoms with Crippen molar-refractivity contribution < 1.29 is 9.90 Å². The zero-order valence-corrected chi connectivity index (χ0v) is 10.4. The molecule has 1 N–H and O–H groups in total. The lowest BCUT2D eigenvalue weighted by Crippen LogP contribution is -2.48. The molecule has 3 heteroatoms. The maximum atomic E-state index is 11.3. The van der Waals surface area contributed by atoms with Crippen molar-refractivity contribution in [2.75, 3.05) is 6.54 Å². The van der Waals surface area contributed by atoms with Gasteiger partial charge in [-0.1, -0.05) is 26.7 Å². The second-order valence-corrected chi connectivity index (χ2v) is 5.62. The molecule has 0 bridgehead atoms. The van der Waals surface area contributed by atoms with Crippen molar-refractivity contribution in [2.24, 2.45) is 11.8 Å². The molecule has 16 heavy (non-hydrogen) atoms. The molecule has 2 fully saturated rings. The molecule has 0 spiro atoms. The summed E-state index contributed by atoms with van der Waals surface area (Å²) >= 11 is 0. The van der Waals surface area contributed by atoms with Crippen molar-refractivity contribution in [2.45, 2.75) is 58.0 Å². The van der Waals surface area contributed by atoms with Gasteiger partial charge in [-0.15, -0.1) is 0 Å². The SMILES string of the molecule is CC1CCCCC1N1CCC(C)C1C(=O)O. The van der Waals surface area contributed by atoms with Crippen LogP contribution in [-0.2, 0) is 4.79 Å². The summed E-state index contributed by atoms with van der Waals surface area (Å²) in [6, 6.07) is 0.283. The molecule has 92 valence electrons. The van der Waals surface area contributed by atoms with E-state index in [-0.39, 0.29) is 6.04 Å². The predicted octanol–water partition coefficient (Wildman–Crippen LogP) is 2.36. The van der Waals surface area contributed by atoms with Gasteiger partial charge in [0.2, 0.25) is 0 Å². The third kappa shape index (κ3) is 2.10. The van der Waals surface area contributed by atoms with Crippen LogP contribution in [0.3, 0.4) is 0 Å². The van der Waals surface area contributed by atoms with E-state index in [1.807, 2.05) is 0 Å². The van der Waals surface area contributed by atoms with Crippen molar-refractivity contribution in [1.82, 2.24) is 4.90 Å². The Bertz CT molecular complexity index is 267. The number of rotatable bonds is 2. The summed E-state index contributed by atoms with van der Waals surface area (Å²) in [5, 5.41) is 9.33. The Kier molecular flexibility index (Phi) is 3.53. The van der Waals surface area contributed by atoms with Crippen LogP contribution in [0.4, 0.5) is 0 Å². The minimum atomic E-state index is -0.622. The number of nitrogens with zero attached hydrogens (tertiary/aromatic N) is 1. The standard InChI is InChI=1S/C13H23NO2/c1-9-5-3-4-6-11(9)14-8-7-10(2)12(14)13(15)16/h9-12H,3-8H2,1-2H3,(H,15,16). The van der Waals surface area contributed by atoms with Crippen LogP contribution in [0.2, 0.25) is 0 Å². The van der Waals surface area contributed by atoms with Gasteiger partial charge in [-0.3, -0.25) is 9.69 Å². The van der Waals surface area contributed by atoms with Crippen molar-refractivity contribution in [1.29, 1.82) is 0 Å². The highest BCUT2D eigenvalue weighted by Crippen LogP contribution is 2.35. The fourth-order valence-electron chi connectivity index (χ4n) is 3.52. The van der Waals surface area contributed by atoms with Crippen LogP contribution in [0, 0.1) is 11.8 Å². The van der Waals surface area contributed by atoms with E-state index in [1.54, 1.807) is 0 Å². The highest BCUT2D eigenvalue weighted by atomic mass is 16.4. The Hall–Kier alpha value is -0.570. The fraction of sp³-hybridized carbons (Fsp3) is 0.923. The molecule has 0 aromatic rings. The molecule has 1 aliphatic heterocycles. The predicted molar refractivity (Wildman–Crippen MR) is 63.3 cm³/mol. The molecule has 1 aliphatic carbocycles. The van der Waals surface area contributed by atoms with Crippen LogP contribution in [0.1, 0.15) is 46.0 Å². The summed E-state index contributed by atoms with van der Waals surface area (Å²) in [7, 11) is 0. The topological polar surface area (TPSA) is 40.5 Å². The Morgan fingerprint density at radius 3 is 2.44 bits per heavy atom. The average molecular weight is 225 g/mol. The van der Waals surface area contributed by atoms with Gasteiger partial charge < -0.3 is 5.11 Å². The molecule has 3 nitrogen and oxygen atoms in total. The van der Waals surface area contributed by atoms with Gasteiger partial charge in [-0.2, -0.15) is 0 Å². The van der Waals surface area contributed by atoms with Gasteiger partial charge in [-0.25, -0.2) is 0 Å². The summed E-state index contributed by atoms with van der Waals surface area (Å²) in [5.41, 5.74) is 0. The van der Waals surface area contributed by atoms with E-state index in [4.69, 9.17) is 0 Å². The monoisotopic (exact) mass is 225 g/mol. The third-order valence-corrected chi connectivity index (χ3v) is 4.48. The van der Waals surface area contributed by atoms with E-state index in [0.717, 1.165) is 13.0 Å². The van der Waals surface area contributed by atoms with Crippen molar-refractivity contribution in [3.63, 3.8) is 0 Å². The molecule has 2 rings (SSSR count). The maximum Gasteiger partial charge on any atom is 0.321 e. The number of carbonyl (C=O) groups is 1. The Morgan fingerprint density at radius 2 is 1.81 bits per heavy atom. The molecule has 2 aliphatic rings. The van der Waals surface area contributed by atoms with Gasteiger partial charge >= 0.3 is 5.97 Å². The highest BCUT2D eigenvalue weighted by molar-refractivity contribution is 5.74. The van der Waals surface area contributed by atoms with Gasteiger partial charge in [-0.05, 0) is 37.6 Å². The number of carboxylic acid groups (broad SMARTS) is 1. The van der Waals surface area contributed by atoms with Gasteiger partial charge in [0, 0.05) is 6.04 Å². The van der Waals surface area contributed by atoms with Crippen LogP contribution >= 0.6 is 0 Å². The maximum absolute atomic E-state index is 11.3. The van der Waals surface area contributed by atoms with Crippen molar-refractivity contribution >= 4 is 5.97 Å². The largest absolute Gasteiger partial charge is 0.480 e. The van der Waals surface area contributed by atoms with Gasteiger partial charge in [0.25, 0.3) is 0 Å². The molecule has 1 saturated carbocycles. The minimum Gasteiger partial charge on any atom is -0.480 e. The Balaban J connectivity index is 2.10. The van der Waals surface area contributed by atoms with Gasteiger partial charge in [0.15, 0.2) is 0 Å². The number of likely N-dealkylation sites (tertiary alicyclic amines) is 1. The molecule has 1 heterocycles. The lowest BCUT2D eigenvalue weighted by atomic mass is 9.84. The summed E-state index contributed by atoms with van der Waals surface area (Å²) in [4.78, 5) is 13.6. The van der Waals surface area contributed by atoms with Crippen molar-refractivity contribution in [3.8, 4) is 0 Å². The molecule has 0 radical (unpaired) electrons. The zero-order chi connectivity index (χ0) is 11.7. The lowest BCUT2D eigenvalue weighted by molar-refractivity contribution is -0.144. The normalized spacial score (nSPS) is 41.1. The van der Waals surface area contributed by atoms with Crippen LogP contribution < -0.4 is 0 Å². The number of hydrogen-bond donors (Lipinski definition) is 1. The second-order valence-electron chi connectivity index (χ2n) is 5.62. The zero-order valence-electron chi connectivity index (χ0n) is 10.4. The van der Waals surface area contributed by atoms with Crippen LogP contribution in [-0.4, -0.2) is 34.6 Å². The Morgan fingerprint density at radius 1 is 1.12 bits per heavy atom. The fourth-order valence-corrected chi connectivity index (χ4v) is 3.52. The molecule has 1 saturated heterocycles. The smallest absolute Gasteiger partial charge is 0.321 e. The molecular weight excluding hydrogens is 202 g/mol. The molecule has 0 amide bonds. The van der Waals surface area contributed by atoms with E-state index < -0.39 is 5.97 Å². The van der Waals surface area contributed by atoms with Crippen LogP contribution in [0.25, 0.3) is 0 Å². The van der Waals surface area contributed by atoms with Crippen LogP contribution in [0.15, 0.2) is 0 Å². The second kappa shape index (κ2) is 4.74. The lowest BCUT2D eigenvalue weighted by Gasteiger charge is -2.38. The van der Waals surface area contributed by atoms with Crippen LogP contribution in [0.5, 0.6) is 0 Å². The first-order chi connectivity index (χ1) is 7.61. The summed E-state index contributed by atoms with van der Waals surface area (Å²) in [6.45, 7) is 5.34. The van der Waals surface area contributed by atoms with E-state index in [0.29, 0.717) is 17.9 Å². The quantitative estimate of drug-likeness (QED) is 0.784. The highest BCUT2D eigenvalue weighted by Gasteiger charge is 2.42. The molecule has 0 aromatic heterocycles. The minimum absolute atomic E-state index is 0.231.